The average Bonchev–Trinajstić information content (AvgIpc) is 2.32. The molecular weight excluding hydrogens is 218 g/mol. The molecule has 0 saturated heterocycles. The summed E-state index contributed by atoms with van der Waals surface area (Å²) in [5.74, 6) is 0.136. The van der Waals surface area contributed by atoms with Crippen LogP contribution >= 0.6 is 0 Å². The van der Waals surface area contributed by atoms with E-state index in [1.54, 1.807) is 25.1 Å². The second-order valence-electron chi connectivity index (χ2n) is 3.31. The normalized spacial score (nSPS) is 8.94. The summed E-state index contributed by atoms with van der Waals surface area (Å²) in [5.41, 5.74) is 1.40. The number of nitriles is 2. The van der Waals surface area contributed by atoms with E-state index in [4.69, 9.17) is 15.3 Å². The van der Waals surface area contributed by atoms with Gasteiger partial charge in [0.25, 0.3) is 0 Å². The van der Waals surface area contributed by atoms with Crippen molar-refractivity contribution in [2.45, 2.75) is 13.3 Å². The van der Waals surface area contributed by atoms with Crippen molar-refractivity contribution in [3.8, 4) is 17.9 Å². The fourth-order valence-electron chi connectivity index (χ4n) is 1.42. The first-order chi connectivity index (χ1) is 8.13. The van der Waals surface area contributed by atoms with Crippen LogP contribution < -0.4 is 10.1 Å². The van der Waals surface area contributed by atoms with Gasteiger partial charge in [0.1, 0.15) is 18.2 Å². The molecular formula is C12H11N3O2. The summed E-state index contributed by atoms with van der Waals surface area (Å²) in [7, 11) is 1.51. The van der Waals surface area contributed by atoms with Crippen molar-refractivity contribution in [1.29, 1.82) is 10.5 Å². The highest BCUT2D eigenvalue weighted by Crippen LogP contribution is 2.28. The molecule has 1 N–H and O–H groups in total. The van der Waals surface area contributed by atoms with Gasteiger partial charge < -0.3 is 10.1 Å². The van der Waals surface area contributed by atoms with E-state index in [0.717, 1.165) is 0 Å². The molecule has 0 fully saturated rings. The van der Waals surface area contributed by atoms with Crippen LogP contribution in [0.1, 0.15) is 17.5 Å². The molecule has 0 aliphatic carbocycles. The first kappa shape index (κ1) is 12.5. The molecule has 0 aromatic heterocycles. The molecule has 0 aliphatic heterocycles. The summed E-state index contributed by atoms with van der Waals surface area (Å²) in [6.07, 6.45) is -0.248. The molecule has 17 heavy (non-hydrogen) atoms. The number of amides is 1. The van der Waals surface area contributed by atoms with Gasteiger partial charge in [-0.1, -0.05) is 0 Å². The Morgan fingerprint density at radius 2 is 2.18 bits per heavy atom. The van der Waals surface area contributed by atoms with Crippen molar-refractivity contribution in [3.63, 3.8) is 0 Å². The predicted molar refractivity (Wildman–Crippen MR) is 61.3 cm³/mol. The van der Waals surface area contributed by atoms with E-state index < -0.39 is 5.91 Å². The van der Waals surface area contributed by atoms with Gasteiger partial charge >= 0.3 is 0 Å². The highest BCUT2D eigenvalue weighted by Gasteiger charge is 2.12. The molecule has 1 aromatic rings. The van der Waals surface area contributed by atoms with Crippen molar-refractivity contribution in [1.82, 2.24) is 0 Å². The van der Waals surface area contributed by atoms with Crippen LogP contribution in [0, 0.1) is 29.6 Å². The standard InChI is InChI=1S/C12H11N3O2/c1-8-10(17-2)4-3-9(7-14)12(8)15-11(16)5-6-13/h3-4H,5H2,1-2H3,(H,15,16). The maximum Gasteiger partial charge on any atom is 0.238 e. The van der Waals surface area contributed by atoms with Crippen molar-refractivity contribution in [2.24, 2.45) is 0 Å². The van der Waals surface area contributed by atoms with E-state index in [-0.39, 0.29) is 6.42 Å². The van der Waals surface area contributed by atoms with E-state index in [0.29, 0.717) is 22.6 Å². The Morgan fingerprint density at radius 1 is 1.47 bits per heavy atom. The Hall–Kier alpha value is -2.53. The van der Waals surface area contributed by atoms with Crippen LogP contribution in [-0.4, -0.2) is 13.0 Å². The van der Waals surface area contributed by atoms with Crippen LogP contribution in [0.2, 0.25) is 0 Å². The van der Waals surface area contributed by atoms with E-state index in [1.807, 2.05) is 6.07 Å². The maximum absolute atomic E-state index is 11.3. The third-order valence-corrected chi connectivity index (χ3v) is 2.26. The van der Waals surface area contributed by atoms with Crippen LogP contribution in [-0.2, 0) is 4.79 Å². The monoisotopic (exact) mass is 229 g/mol. The van der Waals surface area contributed by atoms with Gasteiger partial charge in [-0.05, 0) is 19.1 Å². The Bertz CT molecular complexity index is 524. The van der Waals surface area contributed by atoms with Crippen LogP contribution in [0.3, 0.4) is 0 Å². The topological polar surface area (TPSA) is 85.9 Å². The number of anilines is 1. The number of carbonyl (C=O) groups is 1. The van der Waals surface area contributed by atoms with Gasteiger partial charge in [0.15, 0.2) is 0 Å². The van der Waals surface area contributed by atoms with E-state index >= 15 is 0 Å². The predicted octanol–water partition coefficient (Wildman–Crippen LogP) is 1.73. The van der Waals surface area contributed by atoms with Gasteiger partial charge in [0.2, 0.25) is 5.91 Å². The zero-order valence-corrected chi connectivity index (χ0v) is 9.57. The van der Waals surface area contributed by atoms with Crippen LogP contribution in [0.5, 0.6) is 5.75 Å². The second kappa shape index (κ2) is 5.53. The summed E-state index contributed by atoms with van der Waals surface area (Å²) in [6, 6.07) is 6.95. The molecule has 0 unspecified atom stereocenters. The van der Waals surface area contributed by atoms with E-state index in [1.165, 1.54) is 7.11 Å². The second-order valence-corrected chi connectivity index (χ2v) is 3.31. The van der Waals surface area contributed by atoms with Gasteiger partial charge in [-0.25, -0.2) is 0 Å². The van der Waals surface area contributed by atoms with Gasteiger partial charge in [-0.15, -0.1) is 0 Å². The molecule has 1 aromatic carbocycles. The average molecular weight is 229 g/mol. The lowest BCUT2D eigenvalue weighted by Crippen LogP contribution is -2.12. The molecule has 0 heterocycles. The van der Waals surface area contributed by atoms with Gasteiger partial charge in [-0.2, -0.15) is 10.5 Å². The molecule has 5 nitrogen and oxygen atoms in total. The summed E-state index contributed by atoms with van der Waals surface area (Å²) in [5, 5.41) is 19.9. The molecule has 0 saturated carbocycles. The molecule has 0 atom stereocenters. The fourth-order valence-corrected chi connectivity index (χ4v) is 1.42. The molecule has 0 bridgehead atoms. The number of rotatable bonds is 3. The number of hydrogen-bond acceptors (Lipinski definition) is 4. The number of carbonyl (C=O) groups excluding carboxylic acids is 1. The number of nitrogens with zero attached hydrogens (tertiary/aromatic N) is 2. The summed E-state index contributed by atoms with van der Waals surface area (Å²) >= 11 is 0. The minimum absolute atomic E-state index is 0.248. The number of hydrogen-bond donors (Lipinski definition) is 1. The molecule has 0 aliphatic rings. The Kier molecular flexibility index (Phi) is 4.08. The van der Waals surface area contributed by atoms with Gasteiger partial charge in [0, 0.05) is 5.56 Å². The fraction of sp³-hybridized carbons (Fsp3) is 0.250. The molecule has 5 heteroatoms. The largest absolute Gasteiger partial charge is 0.496 e. The third-order valence-electron chi connectivity index (χ3n) is 2.26. The quantitative estimate of drug-likeness (QED) is 0.855. The Labute approximate surface area is 99.2 Å². The number of benzene rings is 1. The Morgan fingerprint density at radius 3 is 2.71 bits per heavy atom. The zero-order chi connectivity index (χ0) is 12.8. The summed E-state index contributed by atoms with van der Waals surface area (Å²) in [4.78, 5) is 11.3. The van der Waals surface area contributed by atoms with E-state index in [9.17, 15) is 4.79 Å². The summed E-state index contributed by atoms with van der Waals surface area (Å²) in [6.45, 7) is 1.74. The molecule has 1 amide bonds. The molecule has 0 radical (unpaired) electrons. The minimum Gasteiger partial charge on any atom is -0.496 e. The summed E-state index contributed by atoms with van der Waals surface area (Å²) < 4.78 is 5.10. The third kappa shape index (κ3) is 2.73. The number of ether oxygens (including phenoxy) is 1. The zero-order valence-electron chi connectivity index (χ0n) is 9.57. The minimum atomic E-state index is -0.444. The smallest absolute Gasteiger partial charge is 0.238 e. The van der Waals surface area contributed by atoms with Crippen molar-refractivity contribution >= 4 is 11.6 Å². The molecule has 1 rings (SSSR count). The van der Waals surface area contributed by atoms with Crippen LogP contribution in [0.4, 0.5) is 5.69 Å². The highest BCUT2D eigenvalue weighted by atomic mass is 16.5. The first-order valence-electron chi connectivity index (χ1n) is 4.88. The van der Waals surface area contributed by atoms with Crippen molar-refractivity contribution in [2.75, 3.05) is 12.4 Å². The van der Waals surface area contributed by atoms with Crippen molar-refractivity contribution in [3.05, 3.63) is 23.3 Å². The van der Waals surface area contributed by atoms with Crippen LogP contribution in [0.25, 0.3) is 0 Å². The number of methoxy groups -OCH3 is 1. The van der Waals surface area contributed by atoms with Crippen LogP contribution in [0.15, 0.2) is 12.1 Å². The number of nitrogens with one attached hydrogen (secondary N) is 1. The van der Waals surface area contributed by atoms with E-state index in [2.05, 4.69) is 5.32 Å². The lowest BCUT2D eigenvalue weighted by Gasteiger charge is -2.12. The van der Waals surface area contributed by atoms with Gasteiger partial charge in [0.05, 0.1) is 24.4 Å². The first-order valence-corrected chi connectivity index (χ1v) is 4.88. The van der Waals surface area contributed by atoms with Crippen molar-refractivity contribution < 1.29 is 9.53 Å². The lowest BCUT2D eigenvalue weighted by molar-refractivity contribution is -0.115. The Balaban J connectivity index is 3.17. The lowest BCUT2D eigenvalue weighted by atomic mass is 10.1. The SMILES string of the molecule is COc1ccc(C#N)c(NC(=O)CC#N)c1C. The maximum atomic E-state index is 11.3. The molecule has 86 valence electrons. The highest BCUT2D eigenvalue weighted by molar-refractivity contribution is 5.94. The molecule has 0 spiro atoms. The van der Waals surface area contributed by atoms with Gasteiger partial charge in [-0.3, -0.25) is 4.79 Å².